The number of likely N-dealkylation sites (N-methyl/N-ethyl adjacent to an activating group) is 1. The first-order chi connectivity index (χ1) is 19.8. The van der Waals surface area contributed by atoms with Gasteiger partial charge in [0.25, 0.3) is 0 Å². The van der Waals surface area contributed by atoms with Crippen LogP contribution in [0.3, 0.4) is 0 Å². The van der Waals surface area contributed by atoms with Gasteiger partial charge < -0.3 is 19.6 Å². The van der Waals surface area contributed by atoms with Crippen LogP contribution in [0.2, 0.25) is 5.02 Å². The molecule has 210 valence electrons. The number of benzene rings is 2. The molecule has 0 saturated carbocycles. The number of carbonyl (C=O) groups is 1. The van der Waals surface area contributed by atoms with Gasteiger partial charge in [-0.25, -0.2) is 13.8 Å². The number of nitrogens with zero attached hydrogens (tertiary/aromatic N) is 7. The quantitative estimate of drug-likeness (QED) is 0.325. The molecule has 2 aromatic carbocycles. The Morgan fingerprint density at radius 1 is 1.12 bits per heavy atom. The molecule has 2 atom stereocenters. The van der Waals surface area contributed by atoms with Gasteiger partial charge in [-0.3, -0.25) is 9.78 Å². The molecule has 5 heterocycles. The minimum absolute atomic E-state index is 0.0473. The minimum Gasteiger partial charge on any atom is -0.349 e. The summed E-state index contributed by atoms with van der Waals surface area (Å²) in [5, 5.41) is 1.49. The van der Waals surface area contributed by atoms with E-state index in [2.05, 4.69) is 21.4 Å². The third-order valence-electron chi connectivity index (χ3n) is 8.74. The molecule has 3 aliphatic heterocycles. The standard InChI is InChI=1S/C30H28ClF2N7O/c1-4-23(41)39-11-10-21-22(39)15-40(21)29-19-12-34-27(18-7-5-6-16-8-9-20(32)25(31)24(16)18)26(33)28(19)35-30(36-29)38-13-17(14-38)37(2)3/h4-9,12,17,21-22H,1,10-11,13-15H2,2-3H3/t21-,22-/m1/s1. The first-order valence-corrected chi connectivity index (χ1v) is 14.0. The van der Waals surface area contributed by atoms with Crippen LogP contribution in [-0.2, 0) is 4.79 Å². The van der Waals surface area contributed by atoms with Gasteiger partial charge in [-0.05, 0) is 38.0 Å². The van der Waals surface area contributed by atoms with Crippen molar-refractivity contribution in [3.8, 4) is 11.3 Å². The lowest BCUT2D eigenvalue weighted by Gasteiger charge is -2.48. The molecule has 0 radical (unpaired) electrons. The van der Waals surface area contributed by atoms with Gasteiger partial charge in [0.1, 0.15) is 22.8 Å². The van der Waals surface area contributed by atoms with Crippen molar-refractivity contribution < 1.29 is 13.6 Å². The lowest BCUT2D eigenvalue weighted by atomic mass is 9.96. The smallest absolute Gasteiger partial charge is 0.246 e. The lowest BCUT2D eigenvalue weighted by Crippen LogP contribution is -2.63. The molecule has 3 saturated heterocycles. The Bertz CT molecular complexity index is 1740. The van der Waals surface area contributed by atoms with Gasteiger partial charge in [-0.15, -0.1) is 0 Å². The minimum atomic E-state index is -0.614. The van der Waals surface area contributed by atoms with E-state index < -0.39 is 11.6 Å². The fraction of sp³-hybridized carbons (Fsp3) is 0.333. The number of rotatable bonds is 5. The second-order valence-corrected chi connectivity index (χ2v) is 11.5. The second kappa shape index (κ2) is 9.60. The van der Waals surface area contributed by atoms with Crippen molar-refractivity contribution in [2.24, 2.45) is 0 Å². The number of carbonyl (C=O) groups excluding carboxylic acids is 1. The number of fused-ring (bicyclic) bond motifs is 3. The van der Waals surface area contributed by atoms with Crippen LogP contribution in [0, 0.1) is 11.6 Å². The number of likely N-dealkylation sites (tertiary alicyclic amines) is 1. The van der Waals surface area contributed by atoms with E-state index in [4.69, 9.17) is 21.6 Å². The van der Waals surface area contributed by atoms with Crippen LogP contribution in [0.4, 0.5) is 20.5 Å². The molecule has 7 rings (SSSR count). The van der Waals surface area contributed by atoms with Crippen molar-refractivity contribution in [2.75, 3.05) is 50.1 Å². The lowest BCUT2D eigenvalue weighted by molar-refractivity contribution is -0.127. The highest BCUT2D eigenvalue weighted by Gasteiger charge is 2.49. The Morgan fingerprint density at radius 3 is 2.68 bits per heavy atom. The second-order valence-electron chi connectivity index (χ2n) is 11.1. The average Bonchev–Trinajstić information content (AvgIpc) is 3.25. The molecule has 8 nitrogen and oxygen atoms in total. The predicted octanol–water partition coefficient (Wildman–Crippen LogP) is 4.50. The third-order valence-corrected chi connectivity index (χ3v) is 9.11. The normalized spacial score (nSPS) is 20.5. The van der Waals surface area contributed by atoms with Crippen LogP contribution in [0.15, 0.2) is 49.2 Å². The summed E-state index contributed by atoms with van der Waals surface area (Å²) in [5.74, 6) is -0.225. The maximum Gasteiger partial charge on any atom is 0.246 e. The zero-order chi connectivity index (χ0) is 28.6. The van der Waals surface area contributed by atoms with Crippen LogP contribution in [0.25, 0.3) is 32.9 Å². The zero-order valence-corrected chi connectivity index (χ0v) is 23.4. The molecule has 0 bridgehead atoms. The molecule has 0 aliphatic carbocycles. The summed E-state index contributed by atoms with van der Waals surface area (Å²) in [6, 6.07) is 8.65. The van der Waals surface area contributed by atoms with Gasteiger partial charge in [0.05, 0.1) is 22.5 Å². The van der Waals surface area contributed by atoms with Crippen LogP contribution in [-0.4, -0.2) is 89.1 Å². The molecule has 4 aromatic rings. The highest BCUT2D eigenvalue weighted by molar-refractivity contribution is 6.36. The molecular formula is C30H28ClF2N7O. The molecule has 0 spiro atoms. The summed E-state index contributed by atoms with van der Waals surface area (Å²) in [6.07, 6.45) is 3.72. The Labute approximate surface area is 240 Å². The van der Waals surface area contributed by atoms with Gasteiger partial charge in [0.15, 0.2) is 5.82 Å². The number of hydrogen-bond donors (Lipinski definition) is 0. The number of halogens is 3. The fourth-order valence-corrected chi connectivity index (χ4v) is 6.56. The largest absolute Gasteiger partial charge is 0.349 e. The Morgan fingerprint density at radius 2 is 1.93 bits per heavy atom. The van der Waals surface area contributed by atoms with Gasteiger partial charge in [0, 0.05) is 49.4 Å². The van der Waals surface area contributed by atoms with E-state index in [-0.39, 0.29) is 34.2 Å². The van der Waals surface area contributed by atoms with Crippen molar-refractivity contribution in [2.45, 2.75) is 24.5 Å². The van der Waals surface area contributed by atoms with Crippen molar-refractivity contribution in [3.05, 3.63) is 65.8 Å². The first-order valence-electron chi connectivity index (χ1n) is 13.6. The average molecular weight is 576 g/mol. The molecule has 3 aliphatic rings. The molecule has 11 heteroatoms. The monoisotopic (exact) mass is 575 g/mol. The number of pyridine rings is 1. The van der Waals surface area contributed by atoms with E-state index in [9.17, 15) is 9.18 Å². The predicted molar refractivity (Wildman–Crippen MR) is 156 cm³/mol. The van der Waals surface area contributed by atoms with Crippen molar-refractivity contribution in [3.63, 3.8) is 0 Å². The molecule has 2 aromatic heterocycles. The van der Waals surface area contributed by atoms with Gasteiger partial charge in [-0.2, -0.15) is 4.98 Å². The van der Waals surface area contributed by atoms with E-state index >= 15 is 4.39 Å². The van der Waals surface area contributed by atoms with E-state index in [1.54, 1.807) is 30.5 Å². The summed E-state index contributed by atoms with van der Waals surface area (Å²) in [6.45, 7) is 6.30. The van der Waals surface area contributed by atoms with E-state index in [1.165, 1.54) is 12.1 Å². The topological polar surface area (TPSA) is 68.7 Å². The molecule has 3 fully saturated rings. The SMILES string of the molecule is C=CC(=O)N1CC[C@@H]2[C@H]1CN2c1nc(N2CC(N(C)C)C2)nc2c(F)c(-c3cccc4ccc(F)c(Cl)c34)ncc12. The molecular weight excluding hydrogens is 548 g/mol. The Kier molecular flexibility index (Phi) is 6.09. The van der Waals surface area contributed by atoms with Crippen molar-refractivity contribution in [1.29, 1.82) is 0 Å². The Hall–Kier alpha value is -3.89. The highest BCUT2D eigenvalue weighted by Crippen LogP contribution is 2.42. The highest BCUT2D eigenvalue weighted by atomic mass is 35.5. The first kappa shape index (κ1) is 26.0. The Balaban J connectivity index is 1.36. The molecule has 0 N–H and O–H groups in total. The fourth-order valence-electron chi connectivity index (χ4n) is 6.28. The molecule has 1 amide bonds. The zero-order valence-electron chi connectivity index (χ0n) is 22.7. The van der Waals surface area contributed by atoms with Crippen molar-refractivity contribution in [1.82, 2.24) is 24.8 Å². The number of amides is 1. The van der Waals surface area contributed by atoms with Gasteiger partial charge in [0.2, 0.25) is 11.9 Å². The van der Waals surface area contributed by atoms with Crippen molar-refractivity contribution >= 4 is 50.9 Å². The molecule has 0 unspecified atom stereocenters. The number of anilines is 2. The summed E-state index contributed by atoms with van der Waals surface area (Å²) >= 11 is 6.37. The summed E-state index contributed by atoms with van der Waals surface area (Å²) in [7, 11) is 4.06. The summed E-state index contributed by atoms with van der Waals surface area (Å²) < 4.78 is 31.0. The van der Waals surface area contributed by atoms with E-state index in [1.807, 2.05) is 23.9 Å². The maximum atomic E-state index is 16.5. The summed E-state index contributed by atoms with van der Waals surface area (Å²) in [4.78, 5) is 34.7. The van der Waals surface area contributed by atoms with Crippen LogP contribution < -0.4 is 9.80 Å². The van der Waals surface area contributed by atoms with Crippen LogP contribution in [0.5, 0.6) is 0 Å². The molecule has 41 heavy (non-hydrogen) atoms. The van der Waals surface area contributed by atoms with E-state index in [0.29, 0.717) is 52.6 Å². The number of hydrogen-bond acceptors (Lipinski definition) is 7. The third kappa shape index (κ3) is 3.95. The summed E-state index contributed by atoms with van der Waals surface area (Å²) in [5.41, 5.74) is 0.586. The maximum absolute atomic E-state index is 16.5. The van der Waals surface area contributed by atoms with Crippen LogP contribution in [0.1, 0.15) is 6.42 Å². The number of aromatic nitrogens is 3. The van der Waals surface area contributed by atoms with Gasteiger partial charge in [-0.1, -0.05) is 42.4 Å². The van der Waals surface area contributed by atoms with E-state index in [0.717, 1.165) is 19.5 Å². The van der Waals surface area contributed by atoms with Crippen LogP contribution >= 0.6 is 11.6 Å². The van der Waals surface area contributed by atoms with Gasteiger partial charge >= 0.3 is 0 Å².